The van der Waals surface area contributed by atoms with Crippen molar-refractivity contribution in [3.05, 3.63) is 41.2 Å². The molecule has 2 aromatic rings. The van der Waals surface area contributed by atoms with Gasteiger partial charge in [0, 0.05) is 16.7 Å². The first kappa shape index (κ1) is 13.6. The van der Waals surface area contributed by atoms with Gasteiger partial charge in [-0.15, -0.1) is 0 Å². The molecule has 0 radical (unpaired) electrons. The number of rotatable bonds is 2. The maximum atomic E-state index is 12.9. The Morgan fingerprint density at radius 3 is 2.53 bits per heavy atom. The van der Waals surface area contributed by atoms with Gasteiger partial charge < -0.3 is 4.74 Å². The van der Waals surface area contributed by atoms with Gasteiger partial charge in [0.2, 0.25) is 5.88 Å². The van der Waals surface area contributed by atoms with E-state index in [-0.39, 0.29) is 22.2 Å². The highest BCUT2D eigenvalue weighted by Gasteiger charge is 2.34. The van der Waals surface area contributed by atoms with Crippen molar-refractivity contribution in [1.82, 2.24) is 9.97 Å². The molecule has 0 saturated heterocycles. The van der Waals surface area contributed by atoms with Gasteiger partial charge in [-0.05, 0) is 18.2 Å². The van der Waals surface area contributed by atoms with E-state index in [9.17, 15) is 13.2 Å². The van der Waals surface area contributed by atoms with Crippen LogP contribution in [0.1, 0.15) is 5.56 Å². The molecule has 100 valence electrons. The van der Waals surface area contributed by atoms with Crippen LogP contribution >= 0.6 is 11.6 Å². The third kappa shape index (κ3) is 2.96. The van der Waals surface area contributed by atoms with Crippen molar-refractivity contribution < 1.29 is 17.9 Å². The number of halogens is 4. The standard InChI is InChI=1S/C12H8ClF3N2O/c1-19-11-5-10(17-6-18-11)8-4-7(13)2-3-9(8)12(14,15)16/h2-6H,1H3. The van der Waals surface area contributed by atoms with Crippen LogP contribution in [0.25, 0.3) is 11.3 Å². The van der Waals surface area contributed by atoms with E-state index in [2.05, 4.69) is 9.97 Å². The molecule has 0 atom stereocenters. The van der Waals surface area contributed by atoms with Gasteiger partial charge in [-0.25, -0.2) is 9.97 Å². The highest BCUT2D eigenvalue weighted by atomic mass is 35.5. The Bertz CT molecular complexity index is 602. The number of aromatic nitrogens is 2. The van der Waals surface area contributed by atoms with Crippen LogP contribution in [-0.2, 0) is 6.18 Å². The summed E-state index contributed by atoms with van der Waals surface area (Å²) in [6.07, 6.45) is -3.35. The van der Waals surface area contributed by atoms with Crippen LogP contribution in [0, 0.1) is 0 Å². The molecule has 0 amide bonds. The second-order valence-corrected chi connectivity index (χ2v) is 4.07. The van der Waals surface area contributed by atoms with Gasteiger partial charge in [0.05, 0.1) is 18.4 Å². The molecule has 0 saturated carbocycles. The monoisotopic (exact) mass is 288 g/mol. The molecular formula is C12H8ClF3N2O. The highest BCUT2D eigenvalue weighted by Crippen LogP contribution is 2.38. The van der Waals surface area contributed by atoms with E-state index in [1.54, 1.807) is 0 Å². The highest BCUT2D eigenvalue weighted by molar-refractivity contribution is 6.30. The number of nitrogens with zero attached hydrogens (tertiary/aromatic N) is 2. The van der Waals surface area contributed by atoms with Gasteiger partial charge in [-0.3, -0.25) is 0 Å². The molecule has 7 heteroatoms. The second-order valence-electron chi connectivity index (χ2n) is 3.63. The van der Waals surface area contributed by atoms with Crippen LogP contribution in [0.5, 0.6) is 5.88 Å². The summed E-state index contributed by atoms with van der Waals surface area (Å²) in [4.78, 5) is 7.57. The van der Waals surface area contributed by atoms with E-state index in [0.717, 1.165) is 12.4 Å². The van der Waals surface area contributed by atoms with Gasteiger partial charge in [0.15, 0.2) is 0 Å². The van der Waals surface area contributed by atoms with Crippen molar-refractivity contribution >= 4 is 11.6 Å². The lowest BCUT2D eigenvalue weighted by Gasteiger charge is -2.13. The largest absolute Gasteiger partial charge is 0.481 e. The molecule has 1 aromatic heterocycles. The quantitative estimate of drug-likeness (QED) is 0.842. The van der Waals surface area contributed by atoms with Crippen LogP contribution in [0.15, 0.2) is 30.6 Å². The first-order valence-electron chi connectivity index (χ1n) is 5.15. The average molecular weight is 289 g/mol. The zero-order valence-electron chi connectivity index (χ0n) is 9.70. The fourth-order valence-electron chi connectivity index (χ4n) is 1.57. The lowest BCUT2D eigenvalue weighted by atomic mass is 10.0. The van der Waals surface area contributed by atoms with Crippen molar-refractivity contribution in [3.8, 4) is 17.1 Å². The van der Waals surface area contributed by atoms with Crippen molar-refractivity contribution in [1.29, 1.82) is 0 Å². The molecule has 0 fully saturated rings. The third-order valence-corrected chi connectivity index (χ3v) is 2.65. The molecule has 0 unspecified atom stereocenters. The Labute approximate surface area is 112 Å². The van der Waals surface area contributed by atoms with Gasteiger partial charge in [-0.2, -0.15) is 13.2 Å². The van der Waals surface area contributed by atoms with Crippen LogP contribution in [0.4, 0.5) is 13.2 Å². The van der Waals surface area contributed by atoms with Crippen LogP contribution in [0.3, 0.4) is 0 Å². The molecule has 1 aromatic carbocycles. The van der Waals surface area contributed by atoms with Crippen molar-refractivity contribution in [2.45, 2.75) is 6.18 Å². The average Bonchev–Trinajstić information content (AvgIpc) is 2.37. The van der Waals surface area contributed by atoms with E-state index in [1.165, 1.54) is 25.3 Å². The van der Waals surface area contributed by atoms with E-state index in [0.29, 0.717) is 0 Å². The summed E-state index contributed by atoms with van der Waals surface area (Å²) in [6.45, 7) is 0. The topological polar surface area (TPSA) is 35.0 Å². The lowest BCUT2D eigenvalue weighted by Crippen LogP contribution is -2.07. The third-order valence-electron chi connectivity index (χ3n) is 2.41. The predicted molar refractivity (Wildman–Crippen MR) is 64.0 cm³/mol. The summed E-state index contributed by atoms with van der Waals surface area (Å²) < 4.78 is 43.7. The van der Waals surface area contributed by atoms with Crippen molar-refractivity contribution in [2.75, 3.05) is 7.11 Å². The molecule has 0 bridgehead atoms. The SMILES string of the molecule is COc1cc(-c2cc(Cl)ccc2C(F)(F)F)ncn1. The van der Waals surface area contributed by atoms with Crippen LogP contribution in [-0.4, -0.2) is 17.1 Å². The summed E-state index contributed by atoms with van der Waals surface area (Å²) in [6, 6.07) is 4.64. The van der Waals surface area contributed by atoms with E-state index in [1.807, 2.05) is 0 Å². The molecule has 0 aliphatic carbocycles. The second kappa shape index (κ2) is 5.05. The number of alkyl halides is 3. The zero-order chi connectivity index (χ0) is 14.0. The number of ether oxygens (including phenoxy) is 1. The normalized spacial score (nSPS) is 11.4. The number of benzene rings is 1. The fourth-order valence-corrected chi connectivity index (χ4v) is 1.75. The minimum atomic E-state index is -4.49. The number of hydrogen-bond donors (Lipinski definition) is 0. The molecule has 19 heavy (non-hydrogen) atoms. The predicted octanol–water partition coefficient (Wildman–Crippen LogP) is 3.82. The summed E-state index contributed by atoms with van der Waals surface area (Å²) in [5, 5.41) is 0.195. The Morgan fingerprint density at radius 2 is 1.89 bits per heavy atom. The molecule has 0 spiro atoms. The Hall–Kier alpha value is -1.82. The Kier molecular flexibility index (Phi) is 3.61. The maximum Gasteiger partial charge on any atom is 0.417 e. The molecule has 2 rings (SSSR count). The minimum Gasteiger partial charge on any atom is -0.481 e. The molecule has 0 aliphatic rings. The molecule has 1 heterocycles. The number of hydrogen-bond acceptors (Lipinski definition) is 3. The van der Waals surface area contributed by atoms with Gasteiger partial charge in [0.1, 0.15) is 6.33 Å². The van der Waals surface area contributed by atoms with Crippen LogP contribution in [0.2, 0.25) is 5.02 Å². The Balaban J connectivity index is 2.63. The summed E-state index contributed by atoms with van der Waals surface area (Å²) in [5.74, 6) is 0.179. The fraction of sp³-hybridized carbons (Fsp3) is 0.167. The Morgan fingerprint density at radius 1 is 1.16 bits per heavy atom. The summed E-state index contributed by atoms with van der Waals surface area (Å²) >= 11 is 5.75. The molecular weight excluding hydrogens is 281 g/mol. The first-order valence-corrected chi connectivity index (χ1v) is 5.53. The van der Waals surface area contributed by atoms with E-state index in [4.69, 9.17) is 16.3 Å². The molecule has 3 nitrogen and oxygen atoms in total. The summed E-state index contributed by atoms with van der Waals surface area (Å²) in [5.41, 5.74) is -0.819. The minimum absolute atomic E-state index is 0.0988. The lowest BCUT2D eigenvalue weighted by molar-refractivity contribution is -0.137. The molecule has 0 N–H and O–H groups in total. The van der Waals surface area contributed by atoms with Crippen molar-refractivity contribution in [3.63, 3.8) is 0 Å². The van der Waals surface area contributed by atoms with E-state index < -0.39 is 11.7 Å². The maximum absolute atomic E-state index is 12.9. The number of methoxy groups -OCH3 is 1. The first-order chi connectivity index (χ1) is 8.91. The van der Waals surface area contributed by atoms with E-state index >= 15 is 0 Å². The smallest absolute Gasteiger partial charge is 0.417 e. The van der Waals surface area contributed by atoms with Crippen molar-refractivity contribution in [2.24, 2.45) is 0 Å². The zero-order valence-corrected chi connectivity index (χ0v) is 10.5. The van der Waals surface area contributed by atoms with Gasteiger partial charge in [0.25, 0.3) is 0 Å². The van der Waals surface area contributed by atoms with Gasteiger partial charge >= 0.3 is 6.18 Å². The molecule has 0 aliphatic heterocycles. The summed E-state index contributed by atoms with van der Waals surface area (Å²) in [7, 11) is 1.37. The van der Waals surface area contributed by atoms with Crippen LogP contribution < -0.4 is 4.74 Å². The van der Waals surface area contributed by atoms with Gasteiger partial charge in [-0.1, -0.05) is 11.6 Å².